The van der Waals surface area contributed by atoms with Gasteiger partial charge in [-0.2, -0.15) is 0 Å². The summed E-state index contributed by atoms with van der Waals surface area (Å²) < 4.78 is 9.84. The van der Waals surface area contributed by atoms with E-state index in [1.807, 2.05) is 0 Å². The highest BCUT2D eigenvalue weighted by atomic mass is 16.6. The molecule has 2 aromatic carbocycles. The number of anilines is 1. The summed E-state index contributed by atoms with van der Waals surface area (Å²) in [5.41, 5.74) is 0.656. The molecule has 8 heteroatoms. The summed E-state index contributed by atoms with van der Waals surface area (Å²) in [6, 6.07) is 9.75. The topological polar surface area (TPSA) is 99.0 Å². The fraction of sp³-hybridized carbons (Fsp3) is 0.176. The molecule has 0 aliphatic heterocycles. The molecule has 0 radical (unpaired) electrons. The highest BCUT2D eigenvalue weighted by Crippen LogP contribution is 2.26. The van der Waals surface area contributed by atoms with E-state index in [1.165, 1.54) is 49.6 Å². The van der Waals surface area contributed by atoms with Crippen LogP contribution in [0, 0.1) is 10.1 Å². The van der Waals surface area contributed by atoms with Crippen LogP contribution in [-0.2, 0) is 4.74 Å². The number of non-ortho nitro benzene ring substituents is 1. The molecule has 0 aliphatic rings. The standard InChI is InChI=1S/C17H16N2O6/c1-18(2)15-9-6-12(19(22)23)10-14(15)17(21)25-13-7-4-11(5-8-13)16(20)24-3/h4-10H,1-3H3. The molecule has 0 fully saturated rings. The van der Waals surface area contributed by atoms with E-state index in [-0.39, 0.29) is 17.0 Å². The minimum Gasteiger partial charge on any atom is -0.465 e. The molecule has 0 saturated carbocycles. The number of methoxy groups -OCH3 is 1. The molecule has 0 heterocycles. The van der Waals surface area contributed by atoms with Gasteiger partial charge < -0.3 is 14.4 Å². The van der Waals surface area contributed by atoms with Gasteiger partial charge >= 0.3 is 11.9 Å². The summed E-state index contributed by atoms with van der Waals surface area (Å²) in [7, 11) is 4.69. The Labute approximate surface area is 143 Å². The maximum atomic E-state index is 12.4. The van der Waals surface area contributed by atoms with Crippen molar-refractivity contribution in [1.82, 2.24) is 0 Å². The first kappa shape index (κ1) is 17.9. The number of nitrogens with zero attached hydrogens (tertiary/aromatic N) is 2. The van der Waals surface area contributed by atoms with Crippen LogP contribution in [0.25, 0.3) is 0 Å². The Balaban J connectivity index is 2.29. The van der Waals surface area contributed by atoms with Crippen LogP contribution in [0.1, 0.15) is 20.7 Å². The van der Waals surface area contributed by atoms with Crippen molar-refractivity contribution < 1.29 is 24.0 Å². The molecule has 0 amide bonds. The molecule has 0 bridgehead atoms. The van der Waals surface area contributed by atoms with Crippen molar-refractivity contribution in [1.29, 1.82) is 0 Å². The number of nitro benzene ring substituents is 1. The highest BCUT2D eigenvalue weighted by Gasteiger charge is 2.20. The molecule has 0 unspecified atom stereocenters. The minimum absolute atomic E-state index is 0.0660. The van der Waals surface area contributed by atoms with Crippen LogP contribution >= 0.6 is 0 Å². The molecular weight excluding hydrogens is 328 g/mol. The Hall–Kier alpha value is -3.42. The van der Waals surface area contributed by atoms with Crippen LogP contribution in [0.2, 0.25) is 0 Å². The second-order valence-corrected chi connectivity index (χ2v) is 5.26. The number of hydrogen-bond acceptors (Lipinski definition) is 7. The molecule has 25 heavy (non-hydrogen) atoms. The zero-order valence-electron chi connectivity index (χ0n) is 13.9. The summed E-state index contributed by atoms with van der Waals surface area (Å²) in [6.45, 7) is 0. The fourth-order valence-electron chi connectivity index (χ4n) is 2.13. The lowest BCUT2D eigenvalue weighted by molar-refractivity contribution is -0.384. The summed E-state index contributed by atoms with van der Waals surface area (Å²) in [5.74, 6) is -1.04. The molecule has 0 atom stereocenters. The molecule has 0 aromatic heterocycles. The number of esters is 2. The third-order valence-corrected chi connectivity index (χ3v) is 3.38. The van der Waals surface area contributed by atoms with Crippen LogP contribution < -0.4 is 9.64 Å². The molecule has 0 N–H and O–H groups in total. The molecule has 130 valence electrons. The Morgan fingerprint density at radius 1 is 1.04 bits per heavy atom. The van der Waals surface area contributed by atoms with Crippen LogP contribution in [-0.4, -0.2) is 38.1 Å². The first-order chi connectivity index (χ1) is 11.8. The monoisotopic (exact) mass is 344 g/mol. The Kier molecular flexibility index (Phi) is 5.33. The Bertz CT molecular complexity index is 814. The van der Waals surface area contributed by atoms with Gasteiger partial charge in [-0.1, -0.05) is 0 Å². The fourth-order valence-corrected chi connectivity index (χ4v) is 2.13. The van der Waals surface area contributed by atoms with Gasteiger partial charge in [0.2, 0.25) is 0 Å². The van der Waals surface area contributed by atoms with E-state index in [1.54, 1.807) is 19.0 Å². The van der Waals surface area contributed by atoms with Gasteiger partial charge in [0.25, 0.3) is 5.69 Å². The second-order valence-electron chi connectivity index (χ2n) is 5.26. The van der Waals surface area contributed by atoms with Gasteiger partial charge in [-0.3, -0.25) is 10.1 Å². The number of nitro groups is 1. The number of rotatable bonds is 5. The van der Waals surface area contributed by atoms with Gasteiger partial charge in [-0.25, -0.2) is 9.59 Å². The summed E-state index contributed by atoms with van der Waals surface area (Å²) in [5, 5.41) is 10.9. The van der Waals surface area contributed by atoms with Crippen molar-refractivity contribution in [3.05, 3.63) is 63.7 Å². The average molecular weight is 344 g/mol. The predicted molar refractivity (Wildman–Crippen MR) is 90.2 cm³/mol. The zero-order chi connectivity index (χ0) is 18.6. The number of carbonyl (C=O) groups is 2. The van der Waals surface area contributed by atoms with E-state index in [2.05, 4.69) is 4.74 Å². The van der Waals surface area contributed by atoms with Gasteiger partial charge in [0.15, 0.2) is 0 Å². The highest BCUT2D eigenvalue weighted by molar-refractivity contribution is 5.98. The van der Waals surface area contributed by atoms with Crippen LogP contribution in [0.4, 0.5) is 11.4 Å². The lowest BCUT2D eigenvalue weighted by Gasteiger charge is -2.16. The van der Waals surface area contributed by atoms with Crippen molar-refractivity contribution in [3.63, 3.8) is 0 Å². The smallest absolute Gasteiger partial charge is 0.345 e. The lowest BCUT2D eigenvalue weighted by atomic mass is 10.1. The number of benzene rings is 2. The Morgan fingerprint density at radius 3 is 2.20 bits per heavy atom. The van der Waals surface area contributed by atoms with E-state index in [4.69, 9.17) is 4.74 Å². The zero-order valence-corrected chi connectivity index (χ0v) is 13.9. The lowest BCUT2D eigenvalue weighted by Crippen LogP contribution is -2.17. The maximum Gasteiger partial charge on any atom is 0.345 e. The Morgan fingerprint density at radius 2 is 1.68 bits per heavy atom. The first-order valence-corrected chi connectivity index (χ1v) is 7.20. The molecule has 0 spiro atoms. The molecule has 2 rings (SSSR count). The number of carbonyl (C=O) groups excluding carboxylic acids is 2. The largest absolute Gasteiger partial charge is 0.465 e. The summed E-state index contributed by atoms with van der Waals surface area (Å²) >= 11 is 0. The van der Waals surface area contributed by atoms with E-state index in [0.717, 1.165) is 0 Å². The van der Waals surface area contributed by atoms with E-state index >= 15 is 0 Å². The average Bonchev–Trinajstić information content (AvgIpc) is 2.60. The van der Waals surface area contributed by atoms with Crippen molar-refractivity contribution in [3.8, 4) is 5.75 Å². The normalized spacial score (nSPS) is 10.0. The van der Waals surface area contributed by atoms with Crippen molar-refractivity contribution in [2.45, 2.75) is 0 Å². The minimum atomic E-state index is -0.738. The number of hydrogen-bond donors (Lipinski definition) is 0. The van der Waals surface area contributed by atoms with Gasteiger partial charge in [0.1, 0.15) is 5.75 Å². The maximum absolute atomic E-state index is 12.4. The van der Waals surface area contributed by atoms with Crippen LogP contribution in [0.5, 0.6) is 5.75 Å². The first-order valence-electron chi connectivity index (χ1n) is 7.20. The third kappa shape index (κ3) is 4.11. The van der Waals surface area contributed by atoms with Gasteiger partial charge in [0.05, 0.1) is 28.8 Å². The quantitative estimate of drug-likeness (QED) is 0.356. The molecule has 2 aromatic rings. The second kappa shape index (κ2) is 7.43. The molecular formula is C17H16N2O6. The SMILES string of the molecule is COC(=O)c1ccc(OC(=O)c2cc([N+](=O)[O-])ccc2N(C)C)cc1. The predicted octanol–water partition coefficient (Wildman–Crippen LogP) is 2.67. The van der Waals surface area contributed by atoms with E-state index in [0.29, 0.717) is 11.3 Å². The van der Waals surface area contributed by atoms with Crippen LogP contribution in [0.15, 0.2) is 42.5 Å². The third-order valence-electron chi connectivity index (χ3n) is 3.38. The van der Waals surface area contributed by atoms with Crippen molar-refractivity contribution >= 4 is 23.3 Å². The van der Waals surface area contributed by atoms with E-state index < -0.39 is 16.9 Å². The number of ether oxygens (including phenoxy) is 2. The van der Waals surface area contributed by atoms with Gasteiger partial charge in [0, 0.05) is 26.2 Å². The summed E-state index contributed by atoms with van der Waals surface area (Å²) in [4.78, 5) is 35.8. The van der Waals surface area contributed by atoms with Crippen molar-refractivity contribution in [2.24, 2.45) is 0 Å². The molecule has 0 aliphatic carbocycles. The van der Waals surface area contributed by atoms with Crippen molar-refractivity contribution in [2.75, 3.05) is 26.1 Å². The van der Waals surface area contributed by atoms with Gasteiger partial charge in [-0.15, -0.1) is 0 Å². The van der Waals surface area contributed by atoms with E-state index in [9.17, 15) is 19.7 Å². The molecule has 8 nitrogen and oxygen atoms in total. The molecule has 0 saturated heterocycles. The van der Waals surface area contributed by atoms with Crippen LogP contribution in [0.3, 0.4) is 0 Å². The summed E-state index contributed by atoms with van der Waals surface area (Å²) in [6.07, 6.45) is 0. The van der Waals surface area contributed by atoms with Gasteiger partial charge in [-0.05, 0) is 30.3 Å².